The lowest BCUT2D eigenvalue weighted by Gasteiger charge is -2.06. The van der Waals surface area contributed by atoms with Gasteiger partial charge >= 0.3 is 0 Å². The van der Waals surface area contributed by atoms with Gasteiger partial charge in [-0.05, 0) is 18.5 Å². The Morgan fingerprint density at radius 2 is 2.32 bits per heavy atom. The van der Waals surface area contributed by atoms with E-state index in [9.17, 15) is 8.42 Å². The Morgan fingerprint density at radius 3 is 3.00 bits per heavy atom. The number of H-pyrrole nitrogens is 1. The largest absolute Gasteiger partial charge is 0.315 e. The van der Waals surface area contributed by atoms with Gasteiger partial charge in [-0.15, -0.1) is 11.3 Å². The summed E-state index contributed by atoms with van der Waals surface area (Å²) in [5.74, 6) is 0.656. The van der Waals surface area contributed by atoms with Crippen LogP contribution in [0, 0.1) is 0 Å². The first-order valence-electron chi connectivity index (χ1n) is 5.68. The third-order valence-electron chi connectivity index (χ3n) is 2.45. The van der Waals surface area contributed by atoms with Crippen LogP contribution >= 0.6 is 11.3 Å². The summed E-state index contributed by atoms with van der Waals surface area (Å²) in [5, 5.41) is 11.1. The van der Waals surface area contributed by atoms with Crippen molar-refractivity contribution in [2.24, 2.45) is 0 Å². The van der Waals surface area contributed by atoms with Crippen molar-refractivity contribution in [3.63, 3.8) is 0 Å². The summed E-state index contributed by atoms with van der Waals surface area (Å²) in [6.07, 6.45) is 1.87. The highest BCUT2D eigenvalue weighted by Crippen LogP contribution is 2.21. The normalized spacial score (nSPS) is 11.8. The number of aromatic nitrogens is 3. The average Bonchev–Trinajstić information content (AvgIpc) is 3.00. The second-order valence-electron chi connectivity index (χ2n) is 3.82. The number of hydrogen-bond acceptors (Lipinski definition) is 6. The number of nitrogens with one attached hydrogen (secondary N) is 3. The summed E-state index contributed by atoms with van der Waals surface area (Å²) in [5.41, 5.74) is 0. The number of aromatic amines is 1. The number of rotatable bonds is 7. The zero-order chi connectivity index (χ0) is 13.7. The highest BCUT2D eigenvalue weighted by atomic mass is 32.2. The number of hydrogen-bond donors (Lipinski definition) is 3. The van der Waals surface area contributed by atoms with Gasteiger partial charge in [0, 0.05) is 24.4 Å². The lowest BCUT2D eigenvalue weighted by atomic mass is 10.4. The highest BCUT2D eigenvalue weighted by molar-refractivity contribution is 7.89. The molecule has 0 unspecified atom stereocenters. The van der Waals surface area contributed by atoms with E-state index in [2.05, 4.69) is 25.2 Å². The van der Waals surface area contributed by atoms with Gasteiger partial charge in [-0.2, -0.15) is 5.10 Å². The molecular formula is C10H15N5O2S2. The number of nitrogens with zero attached hydrogens (tertiary/aromatic N) is 2. The van der Waals surface area contributed by atoms with Crippen LogP contribution in [0.2, 0.25) is 0 Å². The molecule has 0 spiro atoms. The van der Waals surface area contributed by atoms with Gasteiger partial charge in [0.15, 0.2) is 0 Å². The third kappa shape index (κ3) is 3.60. The predicted molar refractivity (Wildman–Crippen MR) is 72.4 cm³/mol. The van der Waals surface area contributed by atoms with Gasteiger partial charge in [0.1, 0.15) is 12.2 Å². The van der Waals surface area contributed by atoms with E-state index in [0.29, 0.717) is 23.7 Å². The van der Waals surface area contributed by atoms with E-state index in [-0.39, 0.29) is 6.54 Å². The Morgan fingerprint density at radius 1 is 1.47 bits per heavy atom. The van der Waals surface area contributed by atoms with Crippen LogP contribution in [-0.2, 0) is 23.0 Å². The van der Waals surface area contributed by atoms with Gasteiger partial charge in [-0.25, -0.2) is 18.1 Å². The van der Waals surface area contributed by atoms with Crippen molar-refractivity contribution in [2.45, 2.75) is 17.9 Å². The molecule has 0 radical (unpaired) electrons. The first-order chi connectivity index (χ1) is 9.13. The number of thiophene rings is 1. The molecular weight excluding hydrogens is 286 g/mol. The van der Waals surface area contributed by atoms with E-state index < -0.39 is 10.0 Å². The predicted octanol–water partition coefficient (Wildman–Crippen LogP) is 0.107. The molecule has 9 heteroatoms. The summed E-state index contributed by atoms with van der Waals surface area (Å²) in [4.78, 5) is 5.07. The topological polar surface area (TPSA) is 99.8 Å². The van der Waals surface area contributed by atoms with Gasteiger partial charge < -0.3 is 5.32 Å². The van der Waals surface area contributed by atoms with Crippen LogP contribution in [0.4, 0.5) is 0 Å². The van der Waals surface area contributed by atoms with Crippen molar-refractivity contribution >= 4 is 21.4 Å². The molecule has 19 heavy (non-hydrogen) atoms. The van der Waals surface area contributed by atoms with Gasteiger partial charge in [-0.3, -0.25) is 5.10 Å². The summed E-state index contributed by atoms with van der Waals surface area (Å²) in [6.45, 7) is 0.822. The molecule has 2 aromatic heterocycles. The summed E-state index contributed by atoms with van der Waals surface area (Å²) in [7, 11) is -1.68. The van der Waals surface area contributed by atoms with Crippen LogP contribution in [0.3, 0.4) is 0 Å². The molecule has 0 bridgehead atoms. The lowest BCUT2D eigenvalue weighted by molar-refractivity contribution is 0.579. The maximum atomic E-state index is 12.1. The van der Waals surface area contributed by atoms with E-state index in [0.717, 1.165) is 4.88 Å². The molecule has 0 aliphatic carbocycles. The monoisotopic (exact) mass is 301 g/mol. The smallest absolute Gasteiger partial charge is 0.241 e. The van der Waals surface area contributed by atoms with E-state index in [1.807, 2.05) is 0 Å². The first-order valence-corrected chi connectivity index (χ1v) is 8.04. The first kappa shape index (κ1) is 14.1. The average molecular weight is 301 g/mol. The summed E-state index contributed by atoms with van der Waals surface area (Å²) < 4.78 is 26.8. The van der Waals surface area contributed by atoms with Crippen molar-refractivity contribution in [3.8, 4) is 0 Å². The lowest BCUT2D eigenvalue weighted by Crippen LogP contribution is -2.27. The van der Waals surface area contributed by atoms with Crippen molar-refractivity contribution < 1.29 is 8.42 Å². The van der Waals surface area contributed by atoms with Gasteiger partial charge in [0.25, 0.3) is 0 Å². The molecule has 7 nitrogen and oxygen atoms in total. The Bertz CT molecular complexity index is 606. The Hall–Kier alpha value is -1.29. The van der Waals surface area contributed by atoms with Gasteiger partial charge in [0.05, 0.1) is 4.90 Å². The van der Waals surface area contributed by atoms with Crippen molar-refractivity contribution in [3.05, 3.63) is 28.5 Å². The SMILES string of the molecule is CNCc1sccc1S(=O)(=O)NCCc1ncn[nH]1. The number of sulfonamides is 1. The maximum Gasteiger partial charge on any atom is 0.241 e. The summed E-state index contributed by atoms with van der Waals surface area (Å²) in [6, 6.07) is 1.62. The van der Waals surface area contributed by atoms with Gasteiger partial charge in [-0.1, -0.05) is 0 Å². The molecule has 2 aromatic rings. The fourth-order valence-corrected chi connectivity index (χ4v) is 4.08. The van der Waals surface area contributed by atoms with E-state index in [1.54, 1.807) is 18.5 Å². The van der Waals surface area contributed by atoms with Gasteiger partial charge in [0.2, 0.25) is 10.0 Å². The fourth-order valence-electron chi connectivity index (χ4n) is 1.59. The van der Waals surface area contributed by atoms with E-state index in [1.165, 1.54) is 17.7 Å². The van der Waals surface area contributed by atoms with Crippen molar-refractivity contribution in [1.82, 2.24) is 25.2 Å². The molecule has 0 atom stereocenters. The molecule has 0 aliphatic rings. The molecule has 2 rings (SSSR count). The standard InChI is InChI=1S/C10H15N5O2S2/c1-11-6-8-9(3-5-18-8)19(16,17)14-4-2-10-12-7-13-15-10/h3,5,7,11,14H,2,4,6H2,1H3,(H,12,13,15). The Kier molecular flexibility index (Phi) is 4.64. The van der Waals surface area contributed by atoms with E-state index >= 15 is 0 Å². The molecule has 2 heterocycles. The van der Waals surface area contributed by atoms with Crippen LogP contribution in [0.25, 0.3) is 0 Å². The molecule has 0 aromatic carbocycles. The Labute approximate surface area is 115 Å². The molecule has 0 saturated carbocycles. The van der Waals surface area contributed by atoms with Crippen LogP contribution in [-0.4, -0.2) is 37.2 Å². The minimum atomic E-state index is -3.46. The van der Waals surface area contributed by atoms with Crippen molar-refractivity contribution in [1.29, 1.82) is 0 Å². The molecule has 0 saturated heterocycles. The maximum absolute atomic E-state index is 12.1. The van der Waals surface area contributed by atoms with E-state index in [4.69, 9.17) is 0 Å². The zero-order valence-electron chi connectivity index (χ0n) is 10.4. The quantitative estimate of drug-likeness (QED) is 0.674. The minimum absolute atomic E-state index is 0.284. The van der Waals surface area contributed by atoms with Crippen molar-refractivity contribution in [2.75, 3.05) is 13.6 Å². The second kappa shape index (κ2) is 6.24. The van der Waals surface area contributed by atoms with Crippen LogP contribution in [0.15, 0.2) is 22.7 Å². The molecule has 0 aliphatic heterocycles. The van der Waals surface area contributed by atoms with Crippen LogP contribution < -0.4 is 10.0 Å². The Balaban J connectivity index is 1.99. The zero-order valence-corrected chi connectivity index (χ0v) is 12.0. The third-order valence-corrected chi connectivity index (χ3v) is 5.05. The molecule has 3 N–H and O–H groups in total. The molecule has 0 fully saturated rings. The van der Waals surface area contributed by atoms with Crippen LogP contribution in [0.5, 0.6) is 0 Å². The fraction of sp³-hybridized carbons (Fsp3) is 0.400. The minimum Gasteiger partial charge on any atom is -0.315 e. The molecule has 104 valence electrons. The second-order valence-corrected chi connectivity index (χ2v) is 6.55. The summed E-state index contributed by atoms with van der Waals surface area (Å²) >= 11 is 1.42. The van der Waals surface area contributed by atoms with Crippen LogP contribution in [0.1, 0.15) is 10.7 Å². The highest BCUT2D eigenvalue weighted by Gasteiger charge is 2.18. The molecule has 0 amide bonds.